The third kappa shape index (κ3) is 4.74. The topological polar surface area (TPSA) is 38.1 Å². The minimum absolute atomic E-state index is 0.0000597. The number of halogens is 3. The first kappa shape index (κ1) is 26.4. The van der Waals surface area contributed by atoms with Gasteiger partial charge < -0.3 is 0 Å². The summed E-state index contributed by atoms with van der Waals surface area (Å²) in [6.07, 6.45) is 3.43. The second-order valence-electron chi connectivity index (χ2n) is 12.6. The van der Waals surface area contributed by atoms with Crippen molar-refractivity contribution in [2.45, 2.75) is 96.6 Å². The van der Waals surface area contributed by atoms with Gasteiger partial charge in [0.1, 0.15) is 5.82 Å². The van der Waals surface area contributed by atoms with Crippen molar-refractivity contribution in [1.82, 2.24) is 14.5 Å². The molecule has 2 aliphatic carbocycles. The number of benzene rings is 1. The molecule has 2 aromatic rings. The molecule has 2 heterocycles. The Balaban J connectivity index is 1.41. The van der Waals surface area contributed by atoms with Gasteiger partial charge in [0.05, 0.1) is 17.7 Å². The molecule has 0 amide bonds. The quantitative estimate of drug-likeness (QED) is 0.455. The van der Waals surface area contributed by atoms with E-state index in [1.807, 2.05) is 25.1 Å². The third-order valence-corrected chi connectivity index (χ3v) is 9.03. The summed E-state index contributed by atoms with van der Waals surface area (Å²) < 4.78 is 30.0. The van der Waals surface area contributed by atoms with E-state index in [0.717, 1.165) is 36.2 Å². The highest BCUT2D eigenvalue weighted by Crippen LogP contribution is 2.65. The molecule has 1 aliphatic heterocycles. The molecule has 37 heavy (non-hydrogen) atoms. The van der Waals surface area contributed by atoms with Gasteiger partial charge in [-0.3, -0.25) is 14.3 Å². The monoisotopic (exact) mass is 527 g/mol. The molecular formula is C30H36ClF2N3O. The molecule has 0 radical (unpaired) electrons. The Morgan fingerprint density at radius 3 is 2.62 bits per heavy atom. The predicted molar refractivity (Wildman–Crippen MR) is 143 cm³/mol. The van der Waals surface area contributed by atoms with Crippen LogP contribution in [0.15, 0.2) is 23.0 Å². The molecule has 2 fully saturated rings. The number of aromatic nitrogens is 2. The molecule has 1 aromatic carbocycles. The van der Waals surface area contributed by atoms with Gasteiger partial charge in [-0.1, -0.05) is 44.2 Å². The summed E-state index contributed by atoms with van der Waals surface area (Å²) in [4.78, 5) is 20.7. The van der Waals surface area contributed by atoms with Crippen molar-refractivity contribution < 1.29 is 8.78 Å². The molecule has 4 nitrogen and oxygen atoms in total. The number of piperidine rings is 1. The van der Waals surface area contributed by atoms with E-state index >= 15 is 0 Å². The number of aryl methyl sites for hydroxylation is 2. The van der Waals surface area contributed by atoms with Crippen LogP contribution in [0.1, 0.15) is 81.6 Å². The Morgan fingerprint density at radius 1 is 1.22 bits per heavy atom. The van der Waals surface area contributed by atoms with E-state index in [0.29, 0.717) is 42.2 Å². The largest absolute Gasteiger partial charge is 0.297 e. The van der Waals surface area contributed by atoms with Gasteiger partial charge >= 0.3 is 0 Å². The van der Waals surface area contributed by atoms with Gasteiger partial charge in [0.2, 0.25) is 0 Å². The predicted octanol–water partition coefficient (Wildman–Crippen LogP) is 5.92. The van der Waals surface area contributed by atoms with Crippen LogP contribution in [0.3, 0.4) is 0 Å². The summed E-state index contributed by atoms with van der Waals surface area (Å²) in [7, 11) is 0. The summed E-state index contributed by atoms with van der Waals surface area (Å²) in [5.74, 6) is 4.54. The van der Waals surface area contributed by atoms with Crippen molar-refractivity contribution >= 4 is 11.6 Å². The van der Waals surface area contributed by atoms with Gasteiger partial charge in [-0.2, -0.15) is 0 Å². The summed E-state index contributed by atoms with van der Waals surface area (Å²) >= 11 is 6.23. The smallest absolute Gasteiger partial charge is 0.257 e. The van der Waals surface area contributed by atoms with E-state index in [9.17, 15) is 13.6 Å². The van der Waals surface area contributed by atoms with Gasteiger partial charge in [-0.15, -0.1) is 0 Å². The van der Waals surface area contributed by atoms with E-state index in [1.54, 1.807) is 4.57 Å². The number of rotatable bonds is 2. The van der Waals surface area contributed by atoms with E-state index < -0.39 is 11.3 Å². The maximum absolute atomic E-state index is 14.2. The summed E-state index contributed by atoms with van der Waals surface area (Å²) in [6.45, 7) is 11.8. The fourth-order valence-corrected chi connectivity index (χ4v) is 6.50. The number of hydrogen-bond acceptors (Lipinski definition) is 3. The fourth-order valence-electron chi connectivity index (χ4n) is 6.33. The zero-order chi connectivity index (χ0) is 26.8. The highest BCUT2D eigenvalue weighted by molar-refractivity contribution is 6.30. The number of likely N-dealkylation sites (tertiary alicyclic amines) is 1. The average Bonchev–Trinajstić information content (AvgIpc) is 3.34. The lowest BCUT2D eigenvalue weighted by Gasteiger charge is -2.48. The fraction of sp³-hybridized carbons (Fsp3) is 0.600. The second-order valence-corrected chi connectivity index (χ2v) is 13.0. The molecule has 1 unspecified atom stereocenters. The van der Waals surface area contributed by atoms with Gasteiger partial charge in [-0.25, -0.2) is 13.8 Å². The molecule has 1 aromatic heterocycles. The van der Waals surface area contributed by atoms with Gasteiger partial charge in [0.15, 0.2) is 0 Å². The highest BCUT2D eigenvalue weighted by atomic mass is 35.5. The number of nitrogens with zero attached hydrogens (tertiary/aromatic N) is 3. The van der Waals surface area contributed by atoms with E-state index in [4.69, 9.17) is 16.6 Å². The van der Waals surface area contributed by atoms with Crippen molar-refractivity contribution in [1.29, 1.82) is 0 Å². The van der Waals surface area contributed by atoms with Crippen molar-refractivity contribution in [3.63, 3.8) is 0 Å². The number of alkyl halides is 2. The van der Waals surface area contributed by atoms with Gasteiger partial charge in [0, 0.05) is 34.7 Å². The Hall–Kier alpha value is -2.23. The van der Waals surface area contributed by atoms with Crippen LogP contribution in [-0.2, 0) is 24.8 Å². The molecule has 2 atom stereocenters. The Labute approximate surface area is 223 Å². The zero-order valence-electron chi connectivity index (χ0n) is 22.5. The van der Waals surface area contributed by atoms with E-state index in [1.165, 1.54) is 0 Å². The summed E-state index contributed by atoms with van der Waals surface area (Å²) in [6, 6.07) is 5.71. The molecule has 1 saturated carbocycles. The average molecular weight is 528 g/mol. The molecule has 7 heteroatoms. The van der Waals surface area contributed by atoms with Crippen molar-refractivity contribution in [3.8, 4) is 11.8 Å². The Bertz CT molecular complexity index is 1370. The standard InChI is InChI=1S/C30H36ClF2N3O/c1-20-34-25-11-13-28(5,35-14-7-12-29(19-35)18-30(29,32)33)17-23(25)26(37)36(20)15-6-8-21-9-10-22(31)16-24(21)27(2,3)4/h9-10,16H,7,11-15,17-19H2,1-5H3/t28?,29-/m1/s1. The minimum Gasteiger partial charge on any atom is -0.297 e. The lowest BCUT2D eigenvalue weighted by Crippen LogP contribution is -2.56. The Kier molecular flexibility index (Phi) is 6.36. The van der Waals surface area contributed by atoms with Crippen LogP contribution in [0.4, 0.5) is 8.78 Å². The van der Waals surface area contributed by atoms with Gasteiger partial charge in [-0.05, 0) is 81.7 Å². The number of fused-ring (bicyclic) bond motifs is 1. The van der Waals surface area contributed by atoms with Crippen LogP contribution < -0.4 is 5.56 Å². The maximum Gasteiger partial charge on any atom is 0.257 e. The van der Waals surface area contributed by atoms with Crippen LogP contribution in [0.2, 0.25) is 5.02 Å². The van der Waals surface area contributed by atoms with Crippen molar-refractivity contribution in [2.24, 2.45) is 5.41 Å². The molecule has 5 rings (SSSR count). The molecular weight excluding hydrogens is 492 g/mol. The van der Waals surface area contributed by atoms with Crippen LogP contribution in [0, 0.1) is 24.2 Å². The van der Waals surface area contributed by atoms with Gasteiger partial charge in [0.25, 0.3) is 11.5 Å². The first-order chi connectivity index (χ1) is 17.2. The summed E-state index contributed by atoms with van der Waals surface area (Å²) in [5, 5.41) is 0.675. The van der Waals surface area contributed by atoms with Crippen LogP contribution in [0.25, 0.3) is 0 Å². The summed E-state index contributed by atoms with van der Waals surface area (Å²) in [5.41, 5.74) is 2.18. The first-order valence-electron chi connectivity index (χ1n) is 13.3. The second kappa shape index (κ2) is 8.92. The molecule has 3 aliphatic rings. The zero-order valence-corrected chi connectivity index (χ0v) is 23.2. The SMILES string of the molecule is Cc1nc2c(c(=O)n1CC#Cc1ccc(Cl)cc1C(C)(C)C)CC(C)(N1CCC[C@]3(C1)CC3(F)F)CC2. The van der Waals surface area contributed by atoms with Crippen molar-refractivity contribution in [3.05, 3.63) is 61.8 Å². The molecule has 1 spiro atoms. The first-order valence-corrected chi connectivity index (χ1v) is 13.6. The molecule has 198 valence electrons. The lowest BCUT2D eigenvalue weighted by molar-refractivity contribution is -0.0161. The minimum atomic E-state index is -2.55. The normalized spacial score (nSPS) is 26.9. The van der Waals surface area contributed by atoms with Crippen LogP contribution in [0.5, 0.6) is 0 Å². The van der Waals surface area contributed by atoms with Crippen molar-refractivity contribution in [2.75, 3.05) is 13.1 Å². The molecule has 0 N–H and O–H groups in total. The maximum atomic E-state index is 14.2. The molecule has 0 bridgehead atoms. The van der Waals surface area contributed by atoms with E-state index in [2.05, 4.69) is 44.4 Å². The third-order valence-electron chi connectivity index (χ3n) is 8.80. The van der Waals surface area contributed by atoms with Crippen LogP contribution in [-0.4, -0.2) is 39.0 Å². The van der Waals surface area contributed by atoms with E-state index in [-0.39, 0.29) is 29.5 Å². The lowest BCUT2D eigenvalue weighted by atomic mass is 9.78. The number of hydrogen-bond donors (Lipinski definition) is 0. The van der Waals surface area contributed by atoms with Crippen LogP contribution >= 0.6 is 11.6 Å². The molecule has 1 saturated heterocycles. The Morgan fingerprint density at radius 2 is 1.95 bits per heavy atom. The highest BCUT2D eigenvalue weighted by Gasteiger charge is 2.71.